The molecule has 1 saturated heterocycles. The van der Waals surface area contributed by atoms with Gasteiger partial charge in [0.05, 0.1) is 0 Å². The molecule has 1 aliphatic carbocycles. The molecule has 1 amide bonds. The zero-order chi connectivity index (χ0) is 19.2. The Hall–Kier alpha value is -2.15. The molecule has 5 nitrogen and oxygen atoms in total. The van der Waals surface area contributed by atoms with Gasteiger partial charge in [0.15, 0.2) is 5.82 Å². The standard InChI is InChI=1S/C19H20ClF2N3O2/c1-11(18(26)23-14-4-2-13(20)3-5-14)12-7-19(8-12)9-25(10-19)16-6-15(17(21)22)27-24-16/h2-6,11-12,17H,7-10H2,1H3,(H,23,26)/t11-/m0/s1. The third-order valence-electron chi connectivity index (χ3n) is 5.73. The molecule has 2 fully saturated rings. The zero-order valence-electron chi connectivity index (χ0n) is 14.8. The summed E-state index contributed by atoms with van der Waals surface area (Å²) < 4.78 is 29.8. The molecule has 0 bridgehead atoms. The molecule has 1 aromatic heterocycles. The van der Waals surface area contributed by atoms with Gasteiger partial charge in [-0.1, -0.05) is 23.7 Å². The lowest BCUT2D eigenvalue weighted by Gasteiger charge is -2.60. The molecular formula is C19H20ClF2N3O2. The number of amides is 1. The van der Waals surface area contributed by atoms with Crippen LogP contribution >= 0.6 is 11.6 Å². The summed E-state index contributed by atoms with van der Waals surface area (Å²) in [4.78, 5) is 14.4. The average molecular weight is 396 g/mol. The maximum Gasteiger partial charge on any atom is 0.298 e. The van der Waals surface area contributed by atoms with Crippen LogP contribution in [0.5, 0.6) is 0 Å². The molecule has 2 heterocycles. The minimum atomic E-state index is -2.64. The van der Waals surface area contributed by atoms with E-state index in [1.807, 2.05) is 11.8 Å². The molecule has 8 heteroatoms. The van der Waals surface area contributed by atoms with Gasteiger partial charge in [0, 0.05) is 41.2 Å². The summed E-state index contributed by atoms with van der Waals surface area (Å²) in [5.41, 5.74) is 0.907. The molecule has 0 radical (unpaired) electrons. The van der Waals surface area contributed by atoms with E-state index in [2.05, 4.69) is 15.0 Å². The number of benzene rings is 1. The summed E-state index contributed by atoms with van der Waals surface area (Å²) in [6.45, 7) is 3.49. The Bertz CT molecular complexity index is 826. The van der Waals surface area contributed by atoms with Crippen LogP contribution in [0.3, 0.4) is 0 Å². The van der Waals surface area contributed by atoms with Crippen LogP contribution < -0.4 is 10.2 Å². The highest BCUT2D eigenvalue weighted by Gasteiger charge is 2.54. The second kappa shape index (κ2) is 6.78. The Labute approximate surface area is 160 Å². The van der Waals surface area contributed by atoms with Crippen molar-refractivity contribution in [3.8, 4) is 0 Å². The van der Waals surface area contributed by atoms with E-state index in [0.717, 1.165) is 31.6 Å². The predicted molar refractivity (Wildman–Crippen MR) is 98.1 cm³/mol. The fourth-order valence-electron chi connectivity index (χ4n) is 4.12. The second-order valence-corrected chi connectivity index (χ2v) is 8.13. The van der Waals surface area contributed by atoms with Crippen LogP contribution in [-0.2, 0) is 4.79 Å². The molecule has 2 aliphatic rings. The van der Waals surface area contributed by atoms with E-state index >= 15 is 0 Å². The van der Waals surface area contributed by atoms with Crippen molar-refractivity contribution < 1.29 is 18.1 Å². The lowest BCUT2D eigenvalue weighted by Crippen LogP contribution is -2.63. The highest BCUT2D eigenvalue weighted by atomic mass is 35.5. The van der Waals surface area contributed by atoms with E-state index < -0.39 is 12.2 Å². The van der Waals surface area contributed by atoms with Crippen LogP contribution in [0.1, 0.15) is 32.0 Å². The molecule has 1 saturated carbocycles. The van der Waals surface area contributed by atoms with Crippen molar-refractivity contribution in [2.75, 3.05) is 23.3 Å². The topological polar surface area (TPSA) is 58.4 Å². The molecular weight excluding hydrogens is 376 g/mol. The summed E-state index contributed by atoms with van der Waals surface area (Å²) >= 11 is 5.86. The van der Waals surface area contributed by atoms with Gasteiger partial charge in [-0.2, -0.15) is 0 Å². The maximum atomic E-state index is 12.6. The number of alkyl halides is 2. The quantitative estimate of drug-likeness (QED) is 0.793. The van der Waals surface area contributed by atoms with Crippen molar-refractivity contribution in [3.05, 3.63) is 41.1 Å². The summed E-state index contributed by atoms with van der Waals surface area (Å²) in [6.07, 6.45) is -0.731. The highest BCUT2D eigenvalue weighted by Crippen LogP contribution is 2.55. The van der Waals surface area contributed by atoms with Gasteiger partial charge in [-0.15, -0.1) is 0 Å². The van der Waals surface area contributed by atoms with Gasteiger partial charge in [-0.25, -0.2) is 8.78 Å². The van der Waals surface area contributed by atoms with Crippen LogP contribution in [-0.4, -0.2) is 24.2 Å². The first kappa shape index (κ1) is 18.2. The van der Waals surface area contributed by atoms with E-state index in [4.69, 9.17) is 11.6 Å². The van der Waals surface area contributed by atoms with Gasteiger partial charge in [-0.05, 0) is 43.0 Å². The molecule has 27 heavy (non-hydrogen) atoms. The van der Waals surface area contributed by atoms with E-state index in [-0.39, 0.29) is 17.2 Å². The monoisotopic (exact) mass is 395 g/mol. The van der Waals surface area contributed by atoms with Crippen molar-refractivity contribution in [1.82, 2.24) is 5.16 Å². The molecule has 4 rings (SSSR count). The molecule has 1 aliphatic heterocycles. The van der Waals surface area contributed by atoms with Gasteiger partial charge in [-0.3, -0.25) is 4.79 Å². The summed E-state index contributed by atoms with van der Waals surface area (Å²) in [7, 11) is 0. The van der Waals surface area contributed by atoms with Gasteiger partial charge in [0.25, 0.3) is 6.43 Å². The highest BCUT2D eigenvalue weighted by molar-refractivity contribution is 6.30. The van der Waals surface area contributed by atoms with Gasteiger partial charge in [0.1, 0.15) is 0 Å². The number of anilines is 2. The molecule has 144 valence electrons. The number of carbonyl (C=O) groups excluding carboxylic acids is 1. The third-order valence-corrected chi connectivity index (χ3v) is 5.98. The number of hydrogen-bond donors (Lipinski definition) is 1. The molecule has 1 atom stereocenters. The number of nitrogens with zero attached hydrogens (tertiary/aromatic N) is 2. The molecule has 2 aromatic rings. The molecule has 1 N–H and O–H groups in total. The predicted octanol–water partition coefficient (Wildman–Crippen LogP) is 4.76. The molecule has 1 aromatic carbocycles. The van der Waals surface area contributed by atoms with E-state index in [1.54, 1.807) is 24.3 Å². The Morgan fingerprint density at radius 2 is 2.00 bits per heavy atom. The second-order valence-electron chi connectivity index (χ2n) is 7.70. The Morgan fingerprint density at radius 3 is 2.59 bits per heavy atom. The van der Waals surface area contributed by atoms with Crippen molar-refractivity contribution >= 4 is 29.0 Å². The summed E-state index contributed by atoms with van der Waals surface area (Å²) in [6, 6.07) is 8.35. The van der Waals surface area contributed by atoms with Gasteiger partial charge >= 0.3 is 0 Å². The number of aromatic nitrogens is 1. The van der Waals surface area contributed by atoms with Gasteiger partial charge in [0.2, 0.25) is 11.7 Å². The lowest BCUT2D eigenvalue weighted by atomic mass is 9.55. The van der Waals surface area contributed by atoms with E-state index in [9.17, 15) is 13.6 Å². The summed E-state index contributed by atoms with van der Waals surface area (Å²) in [5.74, 6) is 0.315. The van der Waals surface area contributed by atoms with Gasteiger partial charge < -0.3 is 14.7 Å². The Balaban J connectivity index is 1.26. The van der Waals surface area contributed by atoms with Crippen LogP contribution in [0.25, 0.3) is 0 Å². The first-order valence-corrected chi connectivity index (χ1v) is 9.29. The third kappa shape index (κ3) is 3.52. The van der Waals surface area contributed by atoms with Crippen LogP contribution in [0.4, 0.5) is 20.3 Å². The van der Waals surface area contributed by atoms with Crippen molar-refractivity contribution in [2.24, 2.45) is 17.3 Å². The number of hydrogen-bond acceptors (Lipinski definition) is 4. The fourth-order valence-corrected chi connectivity index (χ4v) is 4.25. The lowest BCUT2D eigenvalue weighted by molar-refractivity contribution is -0.124. The zero-order valence-corrected chi connectivity index (χ0v) is 15.5. The smallest absolute Gasteiger partial charge is 0.298 e. The van der Waals surface area contributed by atoms with E-state index in [1.165, 1.54) is 6.07 Å². The maximum absolute atomic E-state index is 12.6. The van der Waals surface area contributed by atoms with Crippen LogP contribution in [0.2, 0.25) is 5.02 Å². The number of halogens is 3. The Morgan fingerprint density at radius 1 is 1.33 bits per heavy atom. The fraction of sp³-hybridized carbons (Fsp3) is 0.474. The number of nitrogens with one attached hydrogen (secondary N) is 1. The van der Waals surface area contributed by atoms with Crippen molar-refractivity contribution in [3.63, 3.8) is 0 Å². The largest absolute Gasteiger partial charge is 0.353 e. The van der Waals surface area contributed by atoms with E-state index in [0.29, 0.717) is 16.8 Å². The first-order valence-electron chi connectivity index (χ1n) is 8.91. The van der Waals surface area contributed by atoms with Crippen LogP contribution in [0, 0.1) is 17.3 Å². The van der Waals surface area contributed by atoms with Crippen molar-refractivity contribution in [1.29, 1.82) is 0 Å². The number of carbonyl (C=O) groups is 1. The normalized spacial score (nSPS) is 19.7. The SMILES string of the molecule is C[C@H](C(=O)Nc1ccc(Cl)cc1)C1CC2(C1)CN(c1cc(C(F)F)on1)C2. The Kier molecular flexibility index (Phi) is 4.58. The van der Waals surface area contributed by atoms with Crippen LogP contribution in [0.15, 0.2) is 34.9 Å². The molecule has 1 spiro atoms. The molecule has 0 unspecified atom stereocenters. The number of rotatable bonds is 5. The van der Waals surface area contributed by atoms with Crippen molar-refractivity contribution in [2.45, 2.75) is 26.2 Å². The minimum absolute atomic E-state index is 0.00595. The summed E-state index contributed by atoms with van der Waals surface area (Å²) in [5, 5.41) is 7.27. The minimum Gasteiger partial charge on any atom is -0.353 e. The first-order chi connectivity index (χ1) is 12.8. The average Bonchev–Trinajstić information content (AvgIpc) is 3.04.